The molecule has 2 N–H and O–H groups in total. The molecular weight excluding hydrogens is 271 g/mol. The van der Waals surface area contributed by atoms with Gasteiger partial charge in [-0.05, 0) is 49.1 Å². The molecule has 0 amide bonds. The van der Waals surface area contributed by atoms with E-state index in [9.17, 15) is 14.5 Å². The number of aryl methyl sites for hydroxylation is 1. The van der Waals surface area contributed by atoms with Gasteiger partial charge in [0.2, 0.25) is 0 Å². The number of nitrogens with two attached hydrogens (primary N) is 1. The molecule has 110 valence electrons. The van der Waals surface area contributed by atoms with Crippen LogP contribution in [0.15, 0.2) is 36.4 Å². The van der Waals surface area contributed by atoms with Crippen LogP contribution in [0.4, 0.5) is 10.1 Å². The summed E-state index contributed by atoms with van der Waals surface area (Å²) in [5.41, 5.74) is 9.11. The highest BCUT2D eigenvalue weighted by Crippen LogP contribution is 2.27. The minimum Gasteiger partial charge on any atom is -0.324 e. The van der Waals surface area contributed by atoms with E-state index in [4.69, 9.17) is 5.73 Å². The van der Waals surface area contributed by atoms with Gasteiger partial charge in [-0.1, -0.05) is 18.2 Å². The third kappa shape index (κ3) is 3.44. The van der Waals surface area contributed by atoms with Crippen LogP contribution in [0.3, 0.4) is 0 Å². The molecule has 5 heteroatoms. The third-order valence-electron chi connectivity index (χ3n) is 3.63. The predicted molar refractivity (Wildman–Crippen MR) is 79.6 cm³/mol. The maximum Gasteiger partial charge on any atom is 0.272 e. The zero-order valence-corrected chi connectivity index (χ0v) is 12.0. The van der Waals surface area contributed by atoms with Crippen LogP contribution in [0, 0.1) is 29.8 Å². The molecule has 0 radical (unpaired) electrons. The summed E-state index contributed by atoms with van der Waals surface area (Å²) in [6.07, 6.45) is 0.428. The summed E-state index contributed by atoms with van der Waals surface area (Å²) in [6.45, 7) is 3.54. The van der Waals surface area contributed by atoms with Gasteiger partial charge in [0.05, 0.1) is 4.92 Å². The van der Waals surface area contributed by atoms with E-state index in [0.717, 1.165) is 11.1 Å². The van der Waals surface area contributed by atoms with Gasteiger partial charge < -0.3 is 5.73 Å². The molecule has 0 spiro atoms. The van der Waals surface area contributed by atoms with E-state index in [2.05, 4.69) is 0 Å². The van der Waals surface area contributed by atoms with E-state index in [0.29, 0.717) is 17.5 Å². The van der Waals surface area contributed by atoms with Crippen LogP contribution in [-0.2, 0) is 6.42 Å². The largest absolute Gasteiger partial charge is 0.324 e. The summed E-state index contributed by atoms with van der Waals surface area (Å²) >= 11 is 0. The second-order valence-corrected chi connectivity index (χ2v) is 5.18. The first-order valence-electron chi connectivity index (χ1n) is 6.64. The van der Waals surface area contributed by atoms with Crippen molar-refractivity contribution in [1.29, 1.82) is 0 Å². The van der Waals surface area contributed by atoms with E-state index in [1.54, 1.807) is 19.1 Å². The topological polar surface area (TPSA) is 69.2 Å². The van der Waals surface area contributed by atoms with Gasteiger partial charge in [0.1, 0.15) is 5.82 Å². The van der Waals surface area contributed by atoms with Gasteiger partial charge in [-0.25, -0.2) is 4.39 Å². The van der Waals surface area contributed by atoms with Crippen LogP contribution < -0.4 is 5.73 Å². The van der Waals surface area contributed by atoms with Crippen molar-refractivity contribution in [2.24, 2.45) is 5.73 Å². The summed E-state index contributed by atoms with van der Waals surface area (Å²) in [5.74, 6) is -0.314. The SMILES string of the molecule is Cc1cc(C(N)Cc2cccc(F)c2)cc([N+](=O)[O-])c1C. The predicted octanol–water partition coefficient (Wildman–Crippen LogP) is 3.59. The summed E-state index contributed by atoms with van der Waals surface area (Å²) in [7, 11) is 0. The smallest absolute Gasteiger partial charge is 0.272 e. The molecule has 0 fully saturated rings. The highest BCUT2D eigenvalue weighted by Gasteiger charge is 2.17. The number of benzene rings is 2. The lowest BCUT2D eigenvalue weighted by Gasteiger charge is -2.14. The number of hydrogen-bond acceptors (Lipinski definition) is 3. The van der Waals surface area contributed by atoms with Crippen LogP contribution in [-0.4, -0.2) is 4.92 Å². The van der Waals surface area contributed by atoms with Gasteiger partial charge in [0, 0.05) is 17.7 Å². The summed E-state index contributed by atoms with van der Waals surface area (Å²) in [4.78, 5) is 10.7. The van der Waals surface area contributed by atoms with Gasteiger partial charge in [-0.2, -0.15) is 0 Å². The Balaban J connectivity index is 2.31. The molecule has 0 bridgehead atoms. The molecule has 2 aromatic carbocycles. The molecule has 0 aromatic heterocycles. The maximum absolute atomic E-state index is 13.2. The van der Waals surface area contributed by atoms with E-state index < -0.39 is 11.0 Å². The summed E-state index contributed by atoms with van der Waals surface area (Å²) < 4.78 is 13.2. The van der Waals surface area contributed by atoms with Crippen LogP contribution in [0.25, 0.3) is 0 Å². The summed E-state index contributed by atoms with van der Waals surface area (Å²) in [6, 6.07) is 9.16. The Morgan fingerprint density at radius 1 is 1.29 bits per heavy atom. The van der Waals surface area contributed by atoms with Gasteiger partial charge >= 0.3 is 0 Å². The zero-order valence-electron chi connectivity index (χ0n) is 12.0. The standard InChI is InChI=1S/C16H17FN2O2/c1-10-6-13(9-16(11(10)2)19(20)21)15(18)8-12-4-3-5-14(17)7-12/h3-7,9,15H,8,18H2,1-2H3. The molecule has 4 nitrogen and oxygen atoms in total. The Morgan fingerprint density at radius 2 is 2.00 bits per heavy atom. The molecular formula is C16H17FN2O2. The maximum atomic E-state index is 13.2. The highest BCUT2D eigenvalue weighted by molar-refractivity contribution is 5.48. The van der Waals surface area contributed by atoms with Crippen molar-refractivity contribution in [3.8, 4) is 0 Å². The number of halogens is 1. The van der Waals surface area contributed by atoms with Crippen molar-refractivity contribution >= 4 is 5.69 Å². The molecule has 0 aliphatic heterocycles. The quantitative estimate of drug-likeness (QED) is 0.690. The molecule has 1 unspecified atom stereocenters. The molecule has 2 rings (SSSR count). The zero-order chi connectivity index (χ0) is 15.6. The number of nitro groups is 1. The van der Waals surface area contributed by atoms with Crippen molar-refractivity contribution < 1.29 is 9.31 Å². The molecule has 0 saturated heterocycles. The van der Waals surface area contributed by atoms with E-state index in [-0.39, 0.29) is 11.5 Å². The van der Waals surface area contributed by atoms with E-state index in [1.165, 1.54) is 18.2 Å². The van der Waals surface area contributed by atoms with Gasteiger partial charge in [0.15, 0.2) is 0 Å². The van der Waals surface area contributed by atoms with Crippen molar-refractivity contribution in [2.75, 3.05) is 0 Å². The fourth-order valence-electron chi connectivity index (χ4n) is 2.31. The number of nitrogens with zero attached hydrogens (tertiary/aromatic N) is 1. The fourth-order valence-corrected chi connectivity index (χ4v) is 2.31. The Morgan fingerprint density at radius 3 is 2.62 bits per heavy atom. The molecule has 2 aromatic rings. The average Bonchev–Trinajstić information content (AvgIpc) is 2.41. The van der Waals surface area contributed by atoms with Crippen LogP contribution >= 0.6 is 0 Å². The first kappa shape index (κ1) is 15.1. The van der Waals surface area contributed by atoms with Gasteiger partial charge in [0.25, 0.3) is 5.69 Å². The fraction of sp³-hybridized carbons (Fsp3) is 0.250. The second kappa shape index (κ2) is 6.01. The third-order valence-corrected chi connectivity index (χ3v) is 3.63. The lowest BCUT2D eigenvalue weighted by molar-refractivity contribution is -0.385. The Labute approximate surface area is 122 Å². The number of rotatable bonds is 4. The number of nitro benzene ring substituents is 1. The highest BCUT2D eigenvalue weighted by atomic mass is 19.1. The Bertz CT molecular complexity index is 686. The normalized spacial score (nSPS) is 12.2. The lowest BCUT2D eigenvalue weighted by atomic mass is 9.95. The van der Waals surface area contributed by atoms with Crippen molar-refractivity contribution in [2.45, 2.75) is 26.3 Å². The van der Waals surface area contributed by atoms with Crippen molar-refractivity contribution in [1.82, 2.24) is 0 Å². The Hall–Kier alpha value is -2.27. The molecule has 21 heavy (non-hydrogen) atoms. The first-order chi connectivity index (χ1) is 9.88. The van der Waals surface area contributed by atoms with Crippen LogP contribution in [0.1, 0.15) is 28.3 Å². The van der Waals surface area contributed by atoms with Crippen LogP contribution in [0.2, 0.25) is 0 Å². The molecule has 1 atom stereocenters. The number of hydrogen-bond donors (Lipinski definition) is 1. The van der Waals surface area contributed by atoms with Crippen molar-refractivity contribution in [3.05, 3.63) is 74.6 Å². The van der Waals surface area contributed by atoms with Gasteiger partial charge in [-0.3, -0.25) is 10.1 Å². The average molecular weight is 288 g/mol. The van der Waals surface area contributed by atoms with Gasteiger partial charge in [-0.15, -0.1) is 0 Å². The monoisotopic (exact) mass is 288 g/mol. The minimum atomic E-state index is -0.412. The van der Waals surface area contributed by atoms with Crippen LogP contribution in [0.5, 0.6) is 0 Å². The van der Waals surface area contributed by atoms with E-state index >= 15 is 0 Å². The molecule has 0 heterocycles. The van der Waals surface area contributed by atoms with E-state index in [1.807, 2.05) is 13.0 Å². The second-order valence-electron chi connectivity index (χ2n) is 5.18. The molecule has 0 saturated carbocycles. The summed E-state index contributed by atoms with van der Waals surface area (Å²) in [5, 5.41) is 11.1. The Kier molecular flexibility index (Phi) is 4.33. The molecule has 0 aliphatic rings. The first-order valence-corrected chi connectivity index (χ1v) is 6.64. The van der Waals surface area contributed by atoms with Crippen molar-refractivity contribution in [3.63, 3.8) is 0 Å². The minimum absolute atomic E-state index is 0.0692. The molecule has 0 aliphatic carbocycles. The lowest BCUT2D eigenvalue weighted by Crippen LogP contribution is -2.14.